The Labute approximate surface area is 128 Å². The number of amides is 1. The standard InChI is InChI=1S/C16H18N2O2S/c1-2-20-12-8-9-15(14(17)10-12)18-16(19)11-21-13-6-4-3-5-7-13/h3-10H,2,11,17H2,1H3,(H,18,19). The number of hydrogen-bond donors (Lipinski definition) is 2. The number of ether oxygens (including phenoxy) is 1. The highest BCUT2D eigenvalue weighted by molar-refractivity contribution is 8.00. The van der Waals surface area contributed by atoms with Crippen LogP contribution in [0.5, 0.6) is 5.75 Å². The van der Waals surface area contributed by atoms with E-state index in [1.807, 2.05) is 37.3 Å². The van der Waals surface area contributed by atoms with Gasteiger partial charge in [0.15, 0.2) is 0 Å². The average Bonchev–Trinajstić information content (AvgIpc) is 2.49. The first-order chi connectivity index (χ1) is 10.2. The maximum absolute atomic E-state index is 11.9. The molecule has 0 aliphatic heterocycles. The van der Waals surface area contributed by atoms with E-state index in [2.05, 4.69) is 5.32 Å². The number of hydrogen-bond acceptors (Lipinski definition) is 4. The molecule has 0 radical (unpaired) electrons. The predicted molar refractivity (Wildman–Crippen MR) is 87.8 cm³/mol. The van der Waals surface area contributed by atoms with E-state index in [0.717, 1.165) is 4.90 Å². The monoisotopic (exact) mass is 302 g/mol. The molecule has 2 rings (SSSR count). The molecule has 2 aromatic rings. The first-order valence-corrected chi connectivity index (χ1v) is 7.67. The highest BCUT2D eigenvalue weighted by Crippen LogP contribution is 2.25. The van der Waals surface area contributed by atoms with Crippen molar-refractivity contribution in [2.45, 2.75) is 11.8 Å². The van der Waals surface area contributed by atoms with Gasteiger partial charge in [-0.1, -0.05) is 18.2 Å². The van der Waals surface area contributed by atoms with Crippen molar-refractivity contribution < 1.29 is 9.53 Å². The second kappa shape index (κ2) is 7.59. The summed E-state index contributed by atoms with van der Waals surface area (Å²) < 4.78 is 5.36. The summed E-state index contributed by atoms with van der Waals surface area (Å²) in [5.41, 5.74) is 7.01. The van der Waals surface area contributed by atoms with Crippen LogP contribution in [0.15, 0.2) is 53.4 Å². The Morgan fingerprint density at radius 1 is 1.24 bits per heavy atom. The van der Waals surface area contributed by atoms with Crippen molar-refractivity contribution in [2.75, 3.05) is 23.4 Å². The minimum Gasteiger partial charge on any atom is -0.494 e. The number of nitrogens with two attached hydrogens (primary N) is 1. The maximum atomic E-state index is 11.9. The third-order valence-electron chi connectivity index (χ3n) is 2.72. The van der Waals surface area contributed by atoms with Crippen LogP contribution in [0.25, 0.3) is 0 Å². The Balaban J connectivity index is 1.90. The molecule has 0 fully saturated rings. The lowest BCUT2D eigenvalue weighted by Crippen LogP contribution is -2.15. The van der Waals surface area contributed by atoms with E-state index in [0.29, 0.717) is 29.5 Å². The molecule has 21 heavy (non-hydrogen) atoms. The van der Waals surface area contributed by atoms with Crippen LogP contribution in [0.1, 0.15) is 6.92 Å². The van der Waals surface area contributed by atoms with Crippen molar-refractivity contribution in [1.82, 2.24) is 0 Å². The Morgan fingerprint density at radius 2 is 2.00 bits per heavy atom. The zero-order valence-electron chi connectivity index (χ0n) is 11.8. The van der Waals surface area contributed by atoms with E-state index in [1.165, 1.54) is 11.8 Å². The van der Waals surface area contributed by atoms with Crippen LogP contribution in [0, 0.1) is 0 Å². The highest BCUT2D eigenvalue weighted by atomic mass is 32.2. The second-order valence-corrected chi connectivity index (χ2v) is 5.38. The predicted octanol–water partition coefficient (Wildman–Crippen LogP) is 3.40. The largest absolute Gasteiger partial charge is 0.494 e. The lowest BCUT2D eigenvalue weighted by molar-refractivity contribution is -0.113. The summed E-state index contributed by atoms with van der Waals surface area (Å²) >= 11 is 1.49. The van der Waals surface area contributed by atoms with Gasteiger partial charge in [0.25, 0.3) is 0 Å². The molecule has 5 heteroatoms. The summed E-state index contributed by atoms with van der Waals surface area (Å²) in [6.45, 7) is 2.49. The summed E-state index contributed by atoms with van der Waals surface area (Å²) in [6, 6.07) is 15.1. The second-order valence-electron chi connectivity index (χ2n) is 4.33. The number of rotatable bonds is 6. The first-order valence-electron chi connectivity index (χ1n) is 6.69. The van der Waals surface area contributed by atoms with Gasteiger partial charge < -0.3 is 15.8 Å². The zero-order chi connectivity index (χ0) is 15.1. The summed E-state index contributed by atoms with van der Waals surface area (Å²) in [4.78, 5) is 13.0. The molecule has 2 aromatic carbocycles. The quantitative estimate of drug-likeness (QED) is 0.634. The fourth-order valence-corrected chi connectivity index (χ4v) is 2.48. The molecule has 0 saturated carbocycles. The van der Waals surface area contributed by atoms with Gasteiger partial charge in [-0.25, -0.2) is 0 Å². The van der Waals surface area contributed by atoms with Crippen LogP contribution in [0.4, 0.5) is 11.4 Å². The van der Waals surface area contributed by atoms with Gasteiger partial charge in [0, 0.05) is 11.0 Å². The normalized spacial score (nSPS) is 10.1. The molecule has 1 amide bonds. The van der Waals surface area contributed by atoms with Crippen LogP contribution in [0.3, 0.4) is 0 Å². The van der Waals surface area contributed by atoms with Crippen molar-refractivity contribution in [3.63, 3.8) is 0 Å². The average molecular weight is 302 g/mol. The molecule has 110 valence electrons. The highest BCUT2D eigenvalue weighted by Gasteiger charge is 2.07. The van der Waals surface area contributed by atoms with E-state index in [4.69, 9.17) is 10.5 Å². The molecule has 0 spiro atoms. The molecule has 0 aliphatic carbocycles. The first kappa shape index (κ1) is 15.3. The van der Waals surface area contributed by atoms with Gasteiger partial charge >= 0.3 is 0 Å². The Hall–Kier alpha value is -2.14. The van der Waals surface area contributed by atoms with Gasteiger partial charge in [-0.3, -0.25) is 4.79 Å². The molecular formula is C16H18N2O2S. The molecule has 4 nitrogen and oxygen atoms in total. The van der Waals surface area contributed by atoms with Crippen LogP contribution in [0.2, 0.25) is 0 Å². The number of benzene rings is 2. The fraction of sp³-hybridized carbons (Fsp3) is 0.188. The van der Waals surface area contributed by atoms with Gasteiger partial charge in [0.2, 0.25) is 5.91 Å². The van der Waals surface area contributed by atoms with E-state index < -0.39 is 0 Å². The number of carbonyl (C=O) groups excluding carboxylic acids is 1. The molecule has 0 aliphatic rings. The van der Waals surface area contributed by atoms with Crippen LogP contribution in [-0.4, -0.2) is 18.3 Å². The van der Waals surface area contributed by atoms with Crippen molar-refractivity contribution in [3.8, 4) is 5.75 Å². The van der Waals surface area contributed by atoms with Gasteiger partial charge in [-0.2, -0.15) is 0 Å². The van der Waals surface area contributed by atoms with Gasteiger partial charge in [-0.05, 0) is 31.2 Å². The molecule has 0 heterocycles. The summed E-state index contributed by atoms with van der Waals surface area (Å²) in [5, 5.41) is 2.81. The van der Waals surface area contributed by atoms with E-state index in [1.54, 1.807) is 18.2 Å². The van der Waals surface area contributed by atoms with Crippen molar-refractivity contribution >= 4 is 29.0 Å². The molecule has 0 unspecified atom stereocenters. The van der Waals surface area contributed by atoms with E-state index in [-0.39, 0.29) is 5.91 Å². The van der Waals surface area contributed by atoms with E-state index >= 15 is 0 Å². The summed E-state index contributed by atoms with van der Waals surface area (Å²) in [6.07, 6.45) is 0. The zero-order valence-corrected chi connectivity index (χ0v) is 12.7. The van der Waals surface area contributed by atoms with Crippen LogP contribution < -0.4 is 15.8 Å². The molecule has 0 bridgehead atoms. The molecule has 0 aromatic heterocycles. The Kier molecular flexibility index (Phi) is 5.51. The third-order valence-corrected chi connectivity index (χ3v) is 3.73. The number of nitrogens with one attached hydrogen (secondary N) is 1. The summed E-state index contributed by atoms with van der Waals surface area (Å²) in [5.74, 6) is 0.961. The molecule has 0 atom stereocenters. The van der Waals surface area contributed by atoms with Crippen molar-refractivity contribution in [1.29, 1.82) is 0 Å². The molecular weight excluding hydrogens is 284 g/mol. The topological polar surface area (TPSA) is 64.3 Å². The van der Waals surface area contributed by atoms with Gasteiger partial charge in [0.05, 0.1) is 23.7 Å². The van der Waals surface area contributed by atoms with Crippen molar-refractivity contribution in [3.05, 3.63) is 48.5 Å². The number of thioether (sulfide) groups is 1. The minimum absolute atomic E-state index is 0.0836. The number of anilines is 2. The number of nitrogen functional groups attached to an aromatic ring is 1. The Bertz CT molecular complexity index is 602. The lowest BCUT2D eigenvalue weighted by atomic mass is 10.2. The third kappa shape index (κ3) is 4.72. The van der Waals surface area contributed by atoms with Crippen molar-refractivity contribution in [2.24, 2.45) is 0 Å². The lowest BCUT2D eigenvalue weighted by Gasteiger charge is -2.10. The Morgan fingerprint density at radius 3 is 2.67 bits per heavy atom. The van der Waals surface area contributed by atoms with Gasteiger partial charge in [-0.15, -0.1) is 11.8 Å². The molecule has 3 N–H and O–H groups in total. The fourth-order valence-electron chi connectivity index (χ4n) is 1.76. The SMILES string of the molecule is CCOc1ccc(NC(=O)CSc2ccccc2)c(N)c1. The summed E-state index contributed by atoms with van der Waals surface area (Å²) in [7, 11) is 0. The van der Waals surface area contributed by atoms with Gasteiger partial charge in [0.1, 0.15) is 5.75 Å². The van der Waals surface area contributed by atoms with Crippen LogP contribution >= 0.6 is 11.8 Å². The van der Waals surface area contributed by atoms with Crippen LogP contribution in [-0.2, 0) is 4.79 Å². The minimum atomic E-state index is -0.0836. The smallest absolute Gasteiger partial charge is 0.234 e. The van der Waals surface area contributed by atoms with E-state index in [9.17, 15) is 4.79 Å². The maximum Gasteiger partial charge on any atom is 0.234 e. The molecule has 0 saturated heterocycles. The number of carbonyl (C=O) groups is 1.